The topological polar surface area (TPSA) is 17.1 Å². The highest BCUT2D eigenvalue weighted by molar-refractivity contribution is 5.98. The van der Waals surface area contributed by atoms with E-state index in [1.54, 1.807) is 0 Å². The van der Waals surface area contributed by atoms with Gasteiger partial charge in [0.15, 0.2) is 5.78 Å². The van der Waals surface area contributed by atoms with Crippen molar-refractivity contribution in [2.24, 2.45) is 11.8 Å². The van der Waals surface area contributed by atoms with Gasteiger partial charge >= 0.3 is 0 Å². The van der Waals surface area contributed by atoms with E-state index < -0.39 is 0 Å². The molecule has 0 spiro atoms. The molecular weight excluding hydrogens is 196 g/mol. The van der Waals surface area contributed by atoms with Crippen molar-refractivity contribution in [3.63, 3.8) is 0 Å². The van der Waals surface area contributed by atoms with Crippen molar-refractivity contribution in [1.82, 2.24) is 0 Å². The van der Waals surface area contributed by atoms with E-state index in [0.717, 1.165) is 5.56 Å². The van der Waals surface area contributed by atoms with Crippen LogP contribution >= 0.6 is 0 Å². The predicted octanol–water partition coefficient (Wildman–Crippen LogP) is 4.11. The van der Waals surface area contributed by atoms with Gasteiger partial charge in [0.2, 0.25) is 0 Å². The van der Waals surface area contributed by atoms with Crippen molar-refractivity contribution in [3.05, 3.63) is 47.5 Å². The second-order valence-corrected chi connectivity index (χ2v) is 4.58. The van der Waals surface area contributed by atoms with Crippen LogP contribution in [0.1, 0.15) is 38.1 Å². The fraction of sp³-hybridized carbons (Fsp3) is 0.400. The zero-order valence-electron chi connectivity index (χ0n) is 10.5. The molecule has 1 aromatic carbocycles. The Bertz CT molecular complexity index is 374. The van der Waals surface area contributed by atoms with E-state index in [-0.39, 0.29) is 11.7 Å². The Kier molecular flexibility index (Phi) is 4.48. The molecule has 1 aromatic rings. The monoisotopic (exact) mass is 216 g/mol. The highest BCUT2D eigenvalue weighted by atomic mass is 16.1. The van der Waals surface area contributed by atoms with Crippen LogP contribution in [0.25, 0.3) is 0 Å². The fourth-order valence-corrected chi connectivity index (χ4v) is 1.53. The van der Waals surface area contributed by atoms with Gasteiger partial charge in [0.05, 0.1) is 0 Å². The number of hydrogen-bond acceptors (Lipinski definition) is 1. The quantitative estimate of drug-likeness (QED) is 0.547. The van der Waals surface area contributed by atoms with Gasteiger partial charge in [-0.3, -0.25) is 4.79 Å². The Morgan fingerprint density at radius 2 is 1.69 bits per heavy atom. The largest absolute Gasteiger partial charge is 0.294 e. The summed E-state index contributed by atoms with van der Waals surface area (Å²) in [4.78, 5) is 12.1. The van der Waals surface area contributed by atoms with Gasteiger partial charge in [0, 0.05) is 11.5 Å². The number of benzene rings is 1. The van der Waals surface area contributed by atoms with E-state index in [1.165, 1.54) is 5.57 Å². The fourth-order valence-electron chi connectivity index (χ4n) is 1.53. The summed E-state index contributed by atoms with van der Waals surface area (Å²) in [5, 5.41) is 0. The lowest BCUT2D eigenvalue weighted by molar-refractivity contribution is 0.0952. The van der Waals surface area contributed by atoms with Crippen molar-refractivity contribution in [2.75, 3.05) is 0 Å². The Morgan fingerprint density at radius 3 is 2.19 bits per heavy atom. The number of hydrogen-bond donors (Lipinski definition) is 0. The number of allylic oxidation sites excluding steroid dienone is 2. The molecule has 0 saturated carbocycles. The third-order valence-electron chi connectivity index (χ3n) is 2.90. The lowest BCUT2D eigenvalue weighted by atomic mass is 9.94. The summed E-state index contributed by atoms with van der Waals surface area (Å²) in [6.45, 7) is 8.33. The maximum Gasteiger partial charge on any atom is 0.169 e. The molecule has 0 bridgehead atoms. The molecule has 0 aliphatic heterocycles. The molecule has 0 amide bonds. The first-order valence-electron chi connectivity index (χ1n) is 5.80. The third kappa shape index (κ3) is 3.34. The minimum Gasteiger partial charge on any atom is -0.294 e. The van der Waals surface area contributed by atoms with Crippen molar-refractivity contribution < 1.29 is 4.79 Å². The molecule has 0 heterocycles. The molecule has 0 aliphatic rings. The van der Waals surface area contributed by atoms with Gasteiger partial charge < -0.3 is 0 Å². The molecular formula is C15H20O. The van der Waals surface area contributed by atoms with Crippen molar-refractivity contribution >= 4 is 5.78 Å². The number of carbonyl (C=O) groups is 1. The summed E-state index contributed by atoms with van der Waals surface area (Å²) >= 11 is 0. The Hall–Kier alpha value is -1.37. The molecule has 16 heavy (non-hydrogen) atoms. The number of Topliss-reactive ketones (excluding diaryl/α,β-unsaturated/α-hetero) is 1. The van der Waals surface area contributed by atoms with Crippen LogP contribution in [0.3, 0.4) is 0 Å². The average molecular weight is 216 g/mol. The van der Waals surface area contributed by atoms with Gasteiger partial charge in [-0.2, -0.15) is 0 Å². The van der Waals surface area contributed by atoms with Crippen LogP contribution in [-0.2, 0) is 0 Å². The first kappa shape index (κ1) is 12.7. The summed E-state index contributed by atoms with van der Waals surface area (Å²) in [5.74, 6) is 0.663. The Labute approximate surface area is 98.2 Å². The summed E-state index contributed by atoms with van der Waals surface area (Å²) in [6.07, 6.45) is 2.07. The van der Waals surface area contributed by atoms with Gasteiger partial charge in [-0.15, -0.1) is 0 Å². The van der Waals surface area contributed by atoms with Crippen LogP contribution in [0.15, 0.2) is 42.0 Å². The third-order valence-corrected chi connectivity index (χ3v) is 2.90. The second-order valence-electron chi connectivity index (χ2n) is 4.58. The molecule has 0 fully saturated rings. The first-order chi connectivity index (χ1) is 7.52. The summed E-state index contributed by atoms with van der Waals surface area (Å²) in [7, 11) is 0. The van der Waals surface area contributed by atoms with Gasteiger partial charge in [-0.25, -0.2) is 0 Å². The maximum atomic E-state index is 12.1. The normalized spacial score (nSPS) is 13.9. The van der Waals surface area contributed by atoms with E-state index in [2.05, 4.69) is 26.8 Å². The van der Waals surface area contributed by atoms with Gasteiger partial charge in [0.1, 0.15) is 0 Å². The lowest BCUT2D eigenvalue weighted by Gasteiger charge is -2.10. The van der Waals surface area contributed by atoms with Crippen LogP contribution in [0, 0.1) is 11.8 Å². The summed E-state index contributed by atoms with van der Waals surface area (Å²) in [5.41, 5.74) is 2.07. The smallest absolute Gasteiger partial charge is 0.169 e. The predicted molar refractivity (Wildman–Crippen MR) is 68.5 cm³/mol. The molecule has 0 aliphatic carbocycles. The molecule has 1 rings (SSSR count). The molecule has 1 atom stereocenters. The van der Waals surface area contributed by atoms with Crippen LogP contribution in [0.5, 0.6) is 0 Å². The van der Waals surface area contributed by atoms with Crippen molar-refractivity contribution in [2.45, 2.75) is 27.7 Å². The van der Waals surface area contributed by atoms with E-state index in [4.69, 9.17) is 0 Å². The Balaban J connectivity index is 2.80. The SMILES string of the molecule is C/C(=C\[C@H](C)C(=O)c1ccccc1)C(C)C. The van der Waals surface area contributed by atoms with Crippen LogP contribution < -0.4 is 0 Å². The highest BCUT2D eigenvalue weighted by Gasteiger charge is 2.12. The van der Waals surface area contributed by atoms with Crippen molar-refractivity contribution in [1.29, 1.82) is 0 Å². The van der Waals surface area contributed by atoms with E-state index in [9.17, 15) is 4.79 Å². The van der Waals surface area contributed by atoms with Crippen LogP contribution in [-0.4, -0.2) is 5.78 Å². The van der Waals surface area contributed by atoms with E-state index in [1.807, 2.05) is 37.3 Å². The van der Waals surface area contributed by atoms with Gasteiger partial charge in [-0.1, -0.05) is 62.8 Å². The van der Waals surface area contributed by atoms with E-state index >= 15 is 0 Å². The summed E-state index contributed by atoms with van der Waals surface area (Å²) < 4.78 is 0. The zero-order valence-corrected chi connectivity index (χ0v) is 10.5. The maximum absolute atomic E-state index is 12.1. The summed E-state index contributed by atoms with van der Waals surface area (Å²) in [6, 6.07) is 9.48. The van der Waals surface area contributed by atoms with Crippen molar-refractivity contribution in [3.8, 4) is 0 Å². The minimum absolute atomic E-state index is 0.0372. The molecule has 86 valence electrons. The molecule has 1 heteroatoms. The molecule has 0 radical (unpaired) electrons. The minimum atomic E-state index is -0.0372. The lowest BCUT2D eigenvalue weighted by Crippen LogP contribution is -2.10. The van der Waals surface area contributed by atoms with Gasteiger partial charge in [0.25, 0.3) is 0 Å². The van der Waals surface area contributed by atoms with Crippen LogP contribution in [0.4, 0.5) is 0 Å². The number of ketones is 1. The standard InChI is InChI=1S/C15H20O/c1-11(2)12(3)10-13(4)15(16)14-8-6-5-7-9-14/h5-11,13H,1-4H3/b12-10+/t13-/m0/s1. The zero-order chi connectivity index (χ0) is 12.1. The molecule has 0 unspecified atom stereocenters. The molecule has 0 N–H and O–H groups in total. The highest BCUT2D eigenvalue weighted by Crippen LogP contribution is 2.15. The Morgan fingerprint density at radius 1 is 1.12 bits per heavy atom. The number of rotatable bonds is 4. The van der Waals surface area contributed by atoms with Crippen LogP contribution in [0.2, 0.25) is 0 Å². The van der Waals surface area contributed by atoms with E-state index in [0.29, 0.717) is 5.92 Å². The van der Waals surface area contributed by atoms with Gasteiger partial charge in [-0.05, 0) is 12.8 Å². The number of carbonyl (C=O) groups excluding carboxylic acids is 1. The first-order valence-corrected chi connectivity index (χ1v) is 5.80. The molecule has 0 aromatic heterocycles. The molecule has 0 saturated heterocycles. The average Bonchev–Trinajstić information content (AvgIpc) is 2.28. The molecule has 1 nitrogen and oxygen atoms in total. The second kappa shape index (κ2) is 5.64.